The van der Waals surface area contributed by atoms with E-state index in [0.29, 0.717) is 6.61 Å². The molecule has 0 fully saturated rings. The average molecular weight is 102 g/mol. The second-order valence-corrected chi connectivity index (χ2v) is 0.840. The molecule has 0 aliphatic rings. The van der Waals surface area contributed by atoms with E-state index in [1.54, 1.807) is 6.92 Å². The lowest BCUT2D eigenvalue weighted by Gasteiger charge is -1.91. The quantitative estimate of drug-likeness (QED) is 0.401. The predicted octanol–water partition coefficient (Wildman–Crippen LogP) is 0.254. The maximum absolute atomic E-state index is 9.36. The Labute approximate surface area is 41.2 Å². The van der Waals surface area contributed by atoms with Crippen LogP contribution in [-0.2, 0) is 9.53 Å². The van der Waals surface area contributed by atoms with Crippen molar-refractivity contribution in [3.8, 4) is 0 Å². The van der Waals surface area contributed by atoms with Crippen molar-refractivity contribution in [3.05, 3.63) is 5.95 Å². The summed E-state index contributed by atoms with van der Waals surface area (Å²) < 4.78 is 4.24. The van der Waals surface area contributed by atoms with Crippen LogP contribution in [0.5, 0.6) is 0 Å². The van der Waals surface area contributed by atoms with Crippen LogP contribution in [0.4, 0.5) is 0 Å². The number of hydrogen-bond acceptors (Lipinski definition) is 3. The molecular formula is C4H6O3. The molecule has 7 heavy (non-hydrogen) atoms. The SMILES string of the molecule is CCOC(O)=C=O. The van der Waals surface area contributed by atoms with Gasteiger partial charge in [-0.2, -0.15) is 0 Å². The molecule has 0 spiro atoms. The Hall–Kier alpha value is -0.950. The summed E-state index contributed by atoms with van der Waals surface area (Å²) >= 11 is 0. The van der Waals surface area contributed by atoms with Gasteiger partial charge in [0, 0.05) is 0 Å². The van der Waals surface area contributed by atoms with Gasteiger partial charge in [-0.15, -0.1) is 0 Å². The van der Waals surface area contributed by atoms with Crippen molar-refractivity contribution in [2.24, 2.45) is 0 Å². The third-order valence-corrected chi connectivity index (χ3v) is 0.368. The van der Waals surface area contributed by atoms with Gasteiger partial charge >= 0.3 is 5.95 Å². The van der Waals surface area contributed by atoms with Gasteiger partial charge in [-0.05, 0) is 6.92 Å². The molecule has 3 heteroatoms. The summed E-state index contributed by atoms with van der Waals surface area (Å²) in [5.74, 6) is 0.488. The normalized spacial score (nSPS) is 7.00. The van der Waals surface area contributed by atoms with Gasteiger partial charge in [-0.3, -0.25) is 0 Å². The molecule has 0 aromatic rings. The van der Waals surface area contributed by atoms with E-state index in [2.05, 4.69) is 4.74 Å². The van der Waals surface area contributed by atoms with E-state index in [1.165, 1.54) is 5.94 Å². The van der Waals surface area contributed by atoms with Crippen LogP contribution in [0, 0.1) is 0 Å². The van der Waals surface area contributed by atoms with Crippen LogP contribution in [-0.4, -0.2) is 17.7 Å². The summed E-state index contributed by atoms with van der Waals surface area (Å²) in [5.41, 5.74) is 0. The van der Waals surface area contributed by atoms with Crippen LogP contribution in [0.15, 0.2) is 5.95 Å². The third-order valence-electron chi connectivity index (χ3n) is 0.368. The summed E-state index contributed by atoms with van der Waals surface area (Å²) in [7, 11) is 0. The Morgan fingerprint density at radius 1 is 2.00 bits per heavy atom. The topological polar surface area (TPSA) is 46.5 Å². The van der Waals surface area contributed by atoms with E-state index < -0.39 is 5.95 Å². The Morgan fingerprint density at radius 3 is 2.71 bits per heavy atom. The van der Waals surface area contributed by atoms with Crippen LogP contribution in [0.3, 0.4) is 0 Å². The minimum Gasteiger partial charge on any atom is -0.473 e. The summed E-state index contributed by atoms with van der Waals surface area (Å²) in [4.78, 5) is 9.36. The molecular weight excluding hydrogens is 96.0 g/mol. The van der Waals surface area contributed by atoms with E-state index in [4.69, 9.17) is 5.11 Å². The first-order valence-electron chi connectivity index (χ1n) is 1.88. The smallest absolute Gasteiger partial charge is 0.367 e. The molecule has 0 rings (SSSR count). The van der Waals surface area contributed by atoms with Crippen LogP contribution in [0.25, 0.3) is 0 Å². The monoisotopic (exact) mass is 102 g/mol. The number of rotatable bonds is 2. The molecule has 0 atom stereocenters. The molecule has 0 saturated carbocycles. The number of aliphatic hydroxyl groups is 1. The van der Waals surface area contributed by atoms with Crippen LogP contribution < -0.4 is 0 Å². The third kappa shape index (κ3) is 2.86. The van der Waals surface area contributed by atoms with Crippen molar-refractivity contribution in [2.45, 2.75) is 6.92 Å². The number of ether oxygens (including phenoxy) is 1. The van der Waals surface area contributed by atoms with E-state index >= 15 is 0 Å². The maximum atomic E-state index is 9.36. The number of hydrogen-bond donors (Lipinski definition) is 1. The van der Waals surface area contributed by atoms with Crippen LogP contribution in [0.1, 0.15) is 6.92 Å². The molecule has 0 aliphatic heterocycles. The Kier molecular flexibility index (Phi) is 2.81. The fourth-order valence-corrected chi connectivity index (χ4v) is 0.166. The molecule has 3 nitrogen and oxygen atoms in total. The average Bonchev–Trinajstić information content (AvgIpc) is 1.68. The first kappa shape index (κ1) is 6.05. The Bertz CT molecular complexity index is 91.1. The minimum absolute atomic E-state index is 0.293. The minimum atomic E-state index is -0.678. The largest absolute Gasteiger partial charge is 0.473 e. The molecule has 0 aromatic heterocycles. The highest BCUT2D eigenvalue weighted by atomic mass is 16.6. The lowest BCUT2D eigenvalue weighted by atomic mass is 10.8. The van der Waals surface area contributed by atoms with Gasteiger partial charge < -0.3 is 9.84 Å². The van der Waals surface area contributed by atoms with E-state index in [1.807, 2.05) is 0 Å². The number of carbonyl (C=O) groups excluding carboxylic acids is 1. The highest BCUT2D eigenvalue weighted by Gasteiger charge is 1.84. The molecule has 0 amide bonds. The van der Waals surface area contributed by atoms with Crippen molar-refractivity contribution in [3.63, 3.8) is 0 Å². The zero-order chi connectivity index (χ0) is 5.70. The molecule has 40 valence electrons. The molecule has 0 aliphatic carbocycles. The summed E-state index contributed by atoms with van der Waals surface area (Å²) in [6.45, 7) is 1.95. The zero-order valence-corrected chi connectivity index (χ0v) is 3.97. The Balaban J connectivity index is 3.37. The summed E-state index contributed by atoms with van der Waals surface area (Å²) in [5, 5.41) is 8.13. The van der Waals surface area contributed by atoms with Crippen LogP contribution >= 0.6 is 0 Å². The van der Waals surface area contributed by atoms with Crippen molar-refractivity contribution < 1.29 is 14.6 Å². The maximum Gasteiger partial charge on any atom is 0.367 e. The van der Waals surface area contributed by atoms with Gasteiger partial charge in [0.15, 0.2) is 0 Å². The van der Waals surface area contributed by atoms with Crippen molar-refractivity contribution in [1.29, 1.82) is 0 Å². The van der Waals surface area contributed by atoms with Gasteiger partial charge in [0.05, 0.1) is 6.61 Å². The molecule has 0 radical (unpaired) electrons. The lowest BCUT2D eigenvalue weighted by Crippen LogP contribution is -1.88. The van der Waals surface area contributed by atoms with E-state index in [0.717, 1.165) is 0 Å². The predicted molar refractivity (Wildman–Crippen MR) is 23.5 cm³/mol. The first-order chi connectivity index (χ1) is 3.31. The van der Waals surface area contributed by atoms with Gasteiger partial charge in [-0.1, -0.05) is 0 Å². The highest BCUT2D eigenvalue weighted by molar-refractivity contribution is 5.45. The van der Waals surface area contributed by atoms with E-state index in [-0.39, 0.29) is 0 Å². The molecule has 0 saturated heterocycles. The molecule has 0 unspecified atom stereocenters. The molecule has 1 N–H and O–H groups in total. The zero-order valence-electron chi connectivity index (χ0n) is 3.97. The van der Waals surface area contributed by atoms with Gasteiger partial charge in [-0.25, -0.2) is 4.79 Å². The highest BCUT2D eigenvalue weighted by Crippen LogP contribution is 1.79. The standard InChI is InChI=1S/C4H6O3/c1-2-7-4(6)3-5/h6H,2H2,1H3. The molecule has 0 bridgehead atoms. The second kappa shape index (κ2) is 3.25. The van der Waals surface area contributed by atoms with Crippen LogP contribution in [0.2, 0.25) is 0 Å². The van der Waals surface area contributed by atoms with Crippen molar-refractivity contribution in [2.75, 3.05) is 6.61 Å². The second-order valence-electron chi connectivity index (χ2n) is 0.840. The van der Waals surface area contributed by atoms with E-state index in [9.17, 15) is 4.79 Å². The fraction of sp³-hybridized carbons (Fsp3) is 0.500. The fourth-order valence-electron chi connectivity index (χ4n) is 0.166. The molecule has 0 aromatic carbocycles. The van der Waals surface area contributed by atoms with Crippen molar-refractivity contribution in [1.82, 2.24) is 0 Å². The van der Waals surface area contributed by atoms with Gasteiger partial charge in [0.2, 0.25) is 5.94 Å². The Morgan fingerprint density at radius 2 is 2.57 bits per heavy atom. The first-order valence-corrected chi connectivity index (χ1v) is 1.88. The van der Waals surface area contributed by atoms with Gasteiger partial charge in [0.1, 0.15) is 0 Å². The molecule has 0 heterocycles. The lowest BCUT2D eigenvalue weighted by molar-refractivity contribution is 0.108. The van der Waals surface area contributed by atoms with Crippen molar-refractivity contribution >= 4 is 5.94 Å². The summed E-state index contributed by atoms with van der Waals surface area (Å²) in [6.07, 6.45) is 0. The number of aliphatic hydroxyl groups excluding tert-OH is 1. The summed E-state index contributed by atoms with van der Waals surface area (Å²) in [6, 6.07) is 0. The van der Waals surface area contributed by atoms with Gasteiger partial charge in [0.25, 0.3) is 0 Å².